The molecule has 122 valence electrons. The SMILES string of the molecule is CC(C)c1ccc(NC(=O)CC(=O)Nc2cccc(C#N)c2)cc1. The second-order valence-corrected chi connectivity index (χ2v) is 5.74. The molecule has 0 aromatic heterocycles. The largest absolute Gasteiger partial charge is 0.326 e. The van der Waals surface area contributed by atoms with E-state index in [1.807, 2.05) is 30.3 Å². The monoisotopic (exact) mass is 321 g/mol. The number of carbonyl (C=O) groups excluding carboxylic acids is 2. The highest BCUT2D eigenvalue weighted by Gasteiger charge is 2.10. The van der Waals surface area contributed by atoms with Crippen molar-refractivity contribution in [3.05, 3.63) is 59.7 Å². The zero-order valence-corrected chi connectivity index (χ0v) is 13.7. The molecule has 0 aliphatic rings. The number of benzene rings is 2. The normalized spacial score (nSPS) is 10.1. The topological polar surface area (TPSA) is 82.0 Å². The minimum atomic E-state index is -0.429. The highest BCUT2D eigenvalue weighted by molar-refractivity contribution is 6.08. The lowest BCUT2D eigenvalue weighted by molar-refractivity contribution is -0.123. The maximum atomic E-state index is 11.9. The van der Waals surface area contributed by atoms with Gasteiger partial charge in [0, 0.05) is 11.4 Å². The predicted octanol–water partition coefficient (Wildman–Crippen LogP) is 3.65. The maximum Gasteiger partial charge on any atom is 0.233 e. The van der Waals surface area contributed by atoms with Crippen LogP contribution in [0, 0.1) is 11.3 Å². The average Bonchev–Trinajstić information content (AvgIpc) is 2.55. The van der Waals surface area contributed by atoms with Crippen molar-refractivity contribution in [2.24, 2.45) is 0 Å². The summed E-state index contributed by atoms with van der Waals surface area (Å²) in [4.78, 5) is 23.8. The van der Waals surface area contributed by atoms with Gasteiger partial charge in [0.1, 0.15) is 6.42 Å². The predicted molar refractivity (Wildman–Crippen MR) is 93.6 cm³/mol. The van der Waals surface area contributed by atoms with Crippen LogP contribution in [0.2, 0.25) is 0 Å². The minimum absolute atomic E-state index is 0.289. The molecule has 5 heteroatoms. The molecule has 0 saturated heterocycles. The summed E-state index contributed by atoms with van der Waals surface area (Å²) in [6.45, 7) is 4.19. The highest BCUT2D eigenvalue weighted by Crippen LogP contribution is 2.17. The lowest BCUT2D eigenvalue weighted by Crippen LogP contribution is -2.21. The second kappa shape index (κ2) is 7.93. The summed E-state index contributed by atoms with van der Waals surface area (Å²) in [5.41, 5.74) is 2.78. The van der Waals surface area contributed by atoms with Gasteiger partial charge in [-0.1, -0.05) is 32.0 Å². The van der Waals surface area contributed by atoms with Crippen LogP contribution in [0.25, 0.3) is 0 Å². The van der Waals surface area contributed by atoms with E-state index in [1.165, 1.54) is 5.56 Å². The van der Waals surface area contributed by atoms with E-state index in [9.17, 15) is 9.59 Å². The van der Waals surface area contributed by atoms with E-state index in [4.69, 9.17) is 5.26 Å². The van der Waals surface area contributed by atoms with Gasteiger partial charge in [-0.05, 0) is 41.8 Å². The number of nitrogens with zero attached hydrogens (tertiary/aromatic N) is 1. The molecule has 0 fully saturated rings. The lowest BCUT2D eigenvalue weighted by Gasteiger charge is -2.09. The van der Waals surface area contributed by atoms with Crippen molar-refractivity contribution in [1.82, 2.24) is 0 Å². The van der Waals surface area contributed by atoms with Crippen LogP contribution in [0.15, 0.2) is 48.5 Å². The first-order valence-electron chi connectivity index (χ1n) is 7.68. The van der Waals surface area contributed by atoms with E-state index in [0.717, 1.165) is 0 Å². The highest BCUT2D eigenvalue weighted by atomic mass is 16.2. The fourth-order valence-electron chi connectivity index (χ4n) is 2.17. The number of amides is 2. The molecule has 0 saturated carbocycles. The third kappa shape index (κ3) is 4.96. The number of hydrogen-bond donors (Lipinski definition) is 2. The Balaban J connectivity index is 1.89. The zero-order chi connectivity index (χ0) is 17.5. The van der Waals surface area contributed by atoms with Gasteiger partial charge in [0.05, 0.1) is 11.6 Å². The van der Waals surface area contributed by atoms with Gasteiger partial charge in [-0.15, -0.1) is 0 Å². The molecule has 5 nitrogen and oxygen atoms in total. The molecule has 2 N–H and O–H groups in total. The molecule has 24 heavy (non-hydrogen) atoms. The van der Waals surface area contributed by atoms with Gasteiger partial charge in [0.15, 0.2) is 0 Å². The van der Waals surface area contributed by atoms with E-state index in [-0.39, 0.29) is 12.3 Å². The molecule has 2 aromatic carbocycles. The molecule has 0 unspecified atom stereocenters. The zero-order valence-electron chi connectivity index (χ0n) is 13.7. The van der Waals surface area contributed by atoms with Gasteiger partial charge in [-0.3, -0.25) is 9.59 Å². The Morgan fingerprint density at radius 3 is 2.21 bits per heavy atom. The summed E-state index contributed by atoms with van der Waals surface area (Å²) in [5, 5.41) is 14.1. The van der Waals surface area contributed by atoms with Crippen molar-refractivity contribution in [3.63, 3.8) is 0 Å². The summed E-state index contributed by atoms with van der Waals surface area (Å²) in [6.07, 6.45) is -0.289. The van der Waals surface area contributed by atoms with Crippen molar-refractivity contribution >= 4 is 23.2 Å². The molecule has 0 aliphatic heterocycles. The standard InChI is InChI=1S/C19H19N3O2/c1-13(2)15-6-8-16(9-7-15)21-18(23)11-19(24)22-17-5-3-4-14(10-17)12-20/h3-10,13H,11H2,1-2H3,(H,21,23)(H,22,24). The van der Waals surface area contributed by atoms with Gasteiger partial charge >= 0.3 is 0 Å². The fraction of sp³-hybridized carbons (Fsp3) is 0.211. The number of anilines is 2. The van der Waals surface area contributed by atoms with Gasteiger partial charge in [-0.2, -0.15) is 5.26 Å². The van der Waals surface area contributed by atoms with Gasteiger partial charge < -0.3 is 10.6 Å². The van der Waals surface area contributed by atoms with Crippen LogP contribution in [0.3, 0.4) is 0 Å². The summed E-state index contributed by atoms with van der Waals surface area (Å²) in [5.74, 6) is -0.396. The quantitative estimate of drug-likeness (QED) is 0.825. The number of hydrogen-bond acceptors (Lipinski definition) is 3. The van der Waals surface area contributed by atoms with Crippen LogP contribution < -0.4 is 10.6 Å². The third-order valence-electron chi connectivity index (χ3n) is 3.46. The van der Waals surface area contributed by atoms with Crippen molar-refractivity contribution in [2.75, 3.05) is 10.6 Å². The average molecular weight is 321 g/mol. The van der Waals surface area contributed by atoms with E-state index in [2.05, 4.69) is 24.5 Å². The van der Waals surface area contributed by atoms with Gasteiger partial charge in [0.2, 0.25) is 11.8 Å². The van der Waals surface area contributed by atoms with E-state index >= 15 is 0 Å². The lowest BCUT2D eigenvalue weighted by atomic mass is 10.0. The summed E-state index contributed by atoms with van der Waals surface area (Å²) in [7, 11) is 0. The molecule has 0 heterocycles. The molecule has 2 rings (SSSR count). The number of nitrogens with one attached hydrogen (secondary N) is 2. The van der Waals surface area contributed by atoms with E-state index in [0.29, 0.717) is 22.9 Å². The molecule has 0 atom stereocenters. The summed E-state index contributed by atoms with van der Waals surface area (Å²) >= 11 is 0. The van der Waals surface area contributed by atoms with E-state index in [1.54, 1.807) is 24.3 Å². The third-order valence-corrected chi connectivity index (χ3v) is 3.46. The Morgan fingerprint density at radius 2 is 1.62 bits per heavy atom. The Bertz CT molecular complexity index is 774. The fourth-order valence-corrected chi connectivity index (χ4v) is 2.17. The molecule has 2 amide bonds. The van der Waals surface area contributed by atoms with Crippen molar-refractivity contribution < 1.29 is 9.59 Å². The van der Waals surface area contributed by atoms with Crippen LogP contribution in [-0.2, 0) is 9.59 Å². The smallest absolute Gasteiger partial charge is 0.233 e. The molecule has 0 spiro atoms. The number of carbonyl (C=O) groups is 2. The molecule has 0 bridgehead atoms. The number of nitriles is 1. The van der Waals surface area contributed by atoms with Crippen molar-refractivity contribution in [1.29, 1.82) is 5.26 Å². The Labute approximate surface area is 141 Å². The van der Waals surface area contributed by atoms with Gasteiger partial charge in [-0.25, -0.2) is 0 Å². The first-order chi connectivity index (χ1) is 11.5. The van der Waals surface area contributed by atoms with Crippen LogP contribution in [0.1, 0.15) is 37.3 Å². The summed E-state index contributed by atoms with van der Waals surface area (Å²) < 4.78 is 0. The van der Waals surface area contributed by atoms with Crippen molar-refractivity contribution in [2.45, 2.75) is 26.2 Å². The Hall–Kier alpha value is -3.13. The maximum absolute atomic E-state index is 11.9. The van der Waals surface area contributed by atoms with Gasteiger partial charge in [0.25, 0.3) is 0 Å². The first-order valence-corrected chi connectivity index (χ1v) is 7.68. The first kappa shape index (κ1) is 17.2. The van der Waals surface area contributed by atoms with Crippen molar-refractivity contribution in [3.8, 4) is 6.07 Å². The molecular formula is C19H19N3O2. The Morgan fingerprint density at radius 1 is 1.00 bits per heavy atom. The van der Waals surface area contributed by atoms with Crippen LogP contribution in [0.4, 0.5) is 11.4 Å². The molecule has 2 aromatic rings. The molecule has 0 aliphatic carbocycles. The molecule has 0 radical (unpaired) electrons. The Kier molecular flexibility index (Phi) is 5.69. The van der Waals surface area contributed by atoms with Crippen LogP contribution >= 0.6 is 0 Å². The van der Waals surface area contributed by atoms with E-state index < -0.39 is 5.91 Å². The van der Waals surface area contributed by atoms with Crippen LogP contribution in [0.5, 0.6) is 0 Å². The summed E-state index contributed by atoms with van der Waals surface area (Å²) in [6, 6.07) is 16.1. The second-order valence-electron chi connectivity index (χ2n) is 5.74. The molecular weight excluding hydrogens is 302 g/mol. The minimum Gasteiger partial charge on any atom is -0.326 e. The van der Waals surface area contributed by atoms with Crippen LogP contribution in [-0.4, -0.2) is 11.8 Å². The number of rotatable bonds is 5.